The molecule has 1 saturated heterocycles. The van der Waals surface area contributed by atoms with Crippen LogP contribution in [0.15, 0.2) is 42.0 Å². The SMILES string of the molecule is O=[N+]([O-])c1ccc(C=C2CNN(c3cccc(C(F)(F)F)c3)C2)s1. The van der Waals surface area contributed by atoms with Gasteiger partial charge in [-0.1, -0.05) is 17.4 Å². The molecule has 0 atom stereocenters. The number of nitrogens with zero attached hydrogens (tertiary/aromatic N) is 2. The van der Waals surface area contributed by atoms with E-state index in [1.807, 2.05) is 6.08 Å². The first-order chi connectivity index (χ1) is 11.3. The first-order valence-electron chi connectivity index (χ1n) is 6.95. The maximum absolute atomic E-state index is 12.8. The number of rotatable bonds is 3. The summed E-state index contributed by atoms with van der Waals surface area (Å²) in [5.41, 5.74) is 3.68. The summed E-state index contributed by atoms with van der Waals surface area (Å²) in [6.07, 6.45) is -2.57. The summed E-state index contributed by atoms with van der Waals surface area (Å²) in [5, 5.41) is 12.4. The Balaban J connectivity index is 1.75. The van der Waals surface area contributed by atoms with Gasteiger partial charge in [-0.05, 0) is 35.9 Å². The quantitative estimate of drug-likeness (QED) is 0.666. The van der Waals surface area contributed by atoms with Crippen molar-refractivity contribution in [3.05, 3.63) is 62.5 Å². The van der Waals surface area contributed by atoms with Crippen LogP contribution in [-0.2, 0) is 6.18 Å². The van der Waals surface area contributed by atoms with Crippen LogP contribution in [0.4, 0.5) is 23.9 Å². The van der Waals surface area contributed by atoms with Crippen LogP contribution < -0.4 is 10.4 Å². The van der Waals surface area contributed by atoms with E-state index in [1.165, 1.54) is 12.1 Å². The first kappa shape index (κ1) is 16.5. The van der Waals surface area contributed by atoms with Crippen LogP contribution in [0.2, 0.25) is 0 Å². The van der Waals surface area contributed by atoms with Gasteiger partial charge in [0.1, 0.15) is 0 Å². The first-order valence-corrected chi connectivity index (χ1v) is 7.76. The zero-order valence-corrected chi connectivity index (χ0v) is 13.0. The minimum atomic E-state index is -4.38. The predicted octanol–water partition coefficient (Wildman–Crippen LogP) is 4.08. The molecule has 0 aliphatic carbocycles. The third-order valence-corrected chi connectivity index (χ3v) is 4.47. The number of hydrogen-bond acceptors (Lipinski definition) is 5. The largest absolute Gasteiger partial charge is 0.416 e. The molecule has 1 aromatic carbocycles. The second-order valence-electron chi connectivity index (χ2n) is 5.20. The molecule has 1 N–H and O–H groups in total. The van der Waals surface area contributed by atoms with Crippen LogP contribution >= 0.6 is 11.3 Å². The molecule has 0 unspecified atom stereocenters. The second kappa shape index (κ2) is 6.25. The van der Waals surface area contributed by atoms with E-state index in [0.29, 0.717) is 18.8 Å². The van der Waals surface area contributed by atoms with Gasteiger partial charge in [0.05, 0.1) is 22.7 Å². The van der Waals surface area contributed by atoms with Crippen LogP contribution in [0.25, 0.3) is 6.08 Å². The van der Waals surface area contributed by atoms with Crippen molar-refractivity contribution in [3.8, 4) is 0 Å². The molecule has 0 amide bonds. The average Bonchev–Trinajstić information content (AvgIpc) is 3.16. The third-order valence-electron chi connectivity index (χ3n) is 3.48. The van der Waals surface area contributed by atoms with E-state index in [9.17, 15) is 23.3 Å². The molecule has 1 aromatic heterocycles. The van der Waals surface area contributed by atoms with Crippen molar-refractivity contribution in [2.75, 3.05) is 18.1 Å². The van der Waals surface area contributed by atoms with E-state index >= 15 is 0 Å². The van der Waals surface area contributed by atoms with Gasteiger partial charge in [-0.2, -0.15) is 13.2 Å². The molecule has 1 fully saturated rings. The Hall–Kier alpha value is -2.39. The Morgan fingerprint density at radius 1 is 1.29 bits per heavy atom. The Morgan fingerprint density at radius 2 is 2.08 bits per heavy atom. The van der Waals surface area contributed by atoms with Crippen molar-refractivity contribution in [2.45, 2.75) is 6.18 Å². The van der Waals surface area contributed by atoms with Crippen LogP contribution in [0.5, 0.6) is 0 Å². The van der Waals surface area contributed by atoms with Gasteiger partial charge in [0.2, 0.25) is 0 Å². The van der Waals surface area contributed by atoms with Crippen molar-refractivity contribution in [1.82, 2.24) is 5.43 Å². The van der Waals surface area contributed by atoms with Gasteiger partial charge in [-0.25, -0.2) is 5.43 Å². The molecular weight excluding hydrogens is 343 g/mol. The van der Waals surface area contributed by atoms with Crippen LogP contribution in [-0.4, -0.2) is 18.0 Å². The van der Waals surface area contributed by atoms with E-state index in [1.54, 1.807) is 17.1 Å². The zero-order chi connectivity index (χ0) is 17.3. The summed E-state index contributed by atoms with van der Waals surface area (Å²) in [4.78, 5) is 11.0. The van der Waals surface area contributed by atoms with Crippen LogP contribution in [0.3, 0.4) is 0 Å². The van der Waals surface area contributed by atoms with E-state index in [0.717, 1.165) is 33.9 Å². The lowest BCUT2D eigenvalue weighted by Crippen LogP contribution is -2.30. The number of benzene rings is 1. The number of alkyl halides is 3. The monoisotopic (exact) mass is 355 g/mol. The molecule has 0 spiro atoms. The average molecular weight is 355 g/mol. The van der Waals surface area contributed by atoms with Crippen molar-refractivity contribution in [1.29, 1.82) is 0 Å². The molecule has 0 radical (unpaired) electrons. The number of thiophene rings is 1. The molecule has 3 rings (SSSR count). The van der Waals surface area contributed by atoms with Gasteiger partial charge in [0, 0.05) is 17.5 Å². The highest BCUT2D eigenvalue weighted by Gasteiger charge is 2.31. The van der Waals surface area contributed by atoms with Gasteiger partial charge in [0.15, 0.2) is 0 Å². The zero-order valence-electron chi connectivity index (χ0n) is 12.2. The van der Waals surface area contributed by atoms with Crippen LogP contribution in [0.1, 0.15) is 10.4 Å². The Bertz CT molecular complexity index is 801. The topological polar surface area (TPSA) is 58.4 Å². The van der Waals surface area contributed by atoms with Gasteiger partial charge < -0.3 is 5.01 Å². The summed E-state index contributed by atoms with van der Waals surface area (Å²) >= 11 is 1.06. The van der Waals surface area contributed by atoms with Crippen molar-refractivity contribution in [3.63, 3.8) is 0 Å². The van der Waals surface area contributed by atoms with Crippen molar-refractivity contribution < 1.29 is 18.1 Å². The number of anilines is 1. The fraction of sp³-hybridized carbons (Fsp3) is 0.200. The van der Waals surface area contributed by atoms with E-state index in [4.69, 9.17) is 0 Å². The van der Waals surface area contributed by atoms with Crippen LogP contribution in [0, 0.1) is 10.1 Å². The van der Waals surface area contributed by atoms with E-state index < -0.39 is 16.7 Å². The normalized spacial score (nSPS) is 16.8. The molecule has 1 aliphatic heterocycles. The Labute approximate surface area is 139 Å². The summed E-state index contributed by atoms with van der Waals surface area (Å²) in [7, 11) is 0. The molecule has 9 heteroatoms. The Morgan fingerprint density at radius 3 is 2.75 bits per heavy atom. The summed E-state index contributed by atoms with van der Waals surface area (Å²) in [6, 6.07) is 8.17. The molecule has 0 bridgehead atoms. The highest BCUT2D eigenvalue weighted by molar-refractivity contribution is 7.16. The van der Waals surface area contributed by atoms with Gasteiger partial charge >= 0.3 is 11.2 Å². The molecule has 126 valence electrons. The molecule has 1 aliphatic rings. The lowest BCUT2D eigenvalue weighted by molar-refractivity contribution is -0.380. The lowest BCUT2D eigenvalue weighted by Gasteiger charge is -2.18. The van der Waals surface area contributed by atoms with Crippen molar-refractivity contribution in [2.24, 2.45) is 0 Å². The summed E-state index contributed by atoms with van der Waals surface area (Å²) in [6.45, 7) is 0.884. The molecular formula is C15H12F3N3O2S. The fourth-order valence-electron chi connectivity index (χ4n) is 2.36. The number of nitrogens with one attached hydrogen (secondary N) is 1. The smallest absolute Gasteiger partial charge is 0.304 e. The van der Waals surface area contributed by atoms with Crippen molar-refractivity contribution >= 4 is 28.1 Å². The highest BCUT2D eigenvalue weighted by Crippen LogP contribution is 2.32. The maximum Gasteiger partial charge on any atom is 0.416 e. The number of hydrogen-bond donors (Lipinski definition) is 1. The molecule has 24 heavy (non-hydrogen) atoms. The fourth-order valence-corrected chi connectivity index (χ4v) is 3.17. The van der Waals surface area contributed by atoms with E-state index in [2.05, 4.69) is 5.43 Å². The molecule has 0 saturated carbocycles. The van der Waals surface area contributed by atoms with E-state index in [-0.39, 0.29) is 5.00 Å². The minimum absolute atomic E-state index is 0.0579. The van der Waals surface area contributed by atoms with Gasteiger partial charge in [-0.15, -0.1) is 0 Å². The Kier molecular flexibility index (Phi) is 4.29. The minimum Gasteiger partial charge on any atom is -0.304 e. The number of nitro groups is 1. The van der Waals surface area contributed by atoms with Gasteiger partial charge in [-0.3, -0.25) is 10.1 Å². The standard InChI is InChI=1S/C15H12F3N3O2S/c16-15(17,18)11-2-1-3-12(7-11)20-9-10(8-19-20)6-13-4-5-14(24-13)21(22)23/h1-7,19H,8-9H2. The second-order valence-corrected chi connectivity index (χ2v) is 6.30. The molecule has 2 heterocycles. The third kappa shape index (κ3) is 3.57. The number of halogens is 3. The highest BCUT2D eigenvalue weighted by atomic mass is 32.1. The summed E-state index contributed by atoms with van der Waals surface area (Å²) in [5.74, 6) is 0. The molecule has 2 aromatic rings. The number of hydrazine groups is 1. The maximum atomic E-state index is 12.8. The predicted molar refractivity (Wildman–Crippen MR) is 85.7 cm³/mol. The summed E-state index contributed by atoms with van der Waals surface area (Å²) < 4.78 is 38.3. The molecule has 5 nitrogen and oxygen atoms in total. The van der Waals surface area contributed by atoms with Gasteiger partial charge in [0.25, 0.3) is 0 Å². The lowest BCUT2D eigenvalue weighted by atomic mass is 10.2.